The van der Waals surface area contributed by atoms with E-state index >= 15 is 0 Å². The maximum atomic E-state index is 11.3. The lowest BCUT2D eigenvalue weighted by Gasteiger charge is -2.19. The molecule has 2 unspecified atom stereocenters. The maximum absolute atomic E-state index is 11.3. The van der Waals surface area contributed by atoms with Gasteiger partial charge in [-0.1, -0.05) is 28.1 Å². The SMILES string of the molecule is CCOC(=O)C(O)C(O)c1cccc(Br)c1C. The van der Waals surface area contributed by atoms with Crippen molar-refractivity contribution in [3.63, 3.8) is 0 Å². The van der Waals surface area contributed by atoms with E-state index in [1.807, 2.05) is 6.07 Å². The second kappa shape index (κ2) is 6.14. The topological polar surface area (TPSA) is 66.8 Å². The Morgan fingerprint density at radius 3 is 2.71 bits per heavy atom. The molecule has 0 amide bonds. The van der Waals surface area contributed by atoms with Gasteiger partial charge in [0.2, 0.25) is 0 Å². The van der Waals surface area contributed by atoms with Gasteiger partial charge in [-0.3, -0.25) is 0 Å². The number of aliphatic hydroxyl groups is 2. The summed E-state index contributed by atoms with van der Waals surface area (Å²) < 4.78 is 5.47. The second-order valence-corrected chi connectivity index (χ2v) is 4.45. The molecule has 0 aromatic heterocycles. The van der Waals surface area contributed by atoms with Gasteiger partial charge in [-0.2, -0.15) is 0 Å². The van der Waals surface area contributed by atoms with Crippen LogP contribution in [-0.4, -0.2) is 28.9 Å². The predicted molar refractivity (Wildman–Crippen MR) is 66.5 cm³/mol. The monoisotopic (exact) mass is 302 g/mol. The first-order valence-corrected chi connectivity index (χ1v) is 6.06. The van der Waals surface area contributed by atoms with Crippen molar-refractivity contribution in [2.45, 2.75) is 26.1 Å². The van der Waals surface area contributed by atoms with Crippen molar-refractivity contribution in [3.05, 3.63) is 33.8 Å². The normalized spacial score (nSPS) is 14.2. The van der Waals surface area contributed by atoms with Crippen LogP contribution in [0.2, 0.25) is 0 Å². The fourth-order valence-corrected chi connectivity index (χ4v) is 1.85. The first-order chi connectivity index (χ1) is 7.99. The number of carbonyl (C=O) groups excluding carboxylic acids is 1. The van der Waals surface area contributed by atoms with Crippen molar-refractivity contribution in [1.82, 2.24) is 0 Å². The predicted octanol–water partition coefficient (Wildman–Crippen LogP) is 1.71. The largest absolute Gasteiger partial charge is 0.464 e. The molecular formula is C12H15BrO4. The van der Waals surface area contributed by atoms with E-state index in [9.17, 15) is 15.0 Å². The van der Waals surface area contributed by atoms with Gasteiger partial charge in [-0.05, 0) is 31.0 Å². The number of rotatable bonds is 4. The van der Waals surface area contributed by atoms with E-state index in [-0.39, 0.29) is 6.61 Å². The Labute approximate surface area is 108 Å². The number of carbonyl (C=O) groups is 1. The van der Waals surface area contributed by atoms with Crippen LogP contribution in [0.1, 0.15) is 24.2 Å². The molecule has 2 N–H and O–H groups in total. The highest BCUT2D eigenvalue weighted by Gasteiger charge is 2.28. The fourth-order valence-electron chi connectivity index (χ4n) is 1.47. The number of benzene rings is 1. The molecule has 0 fully saturated rings. The lowest BCUT2D eigenvalue weighted by atomic mass is 9.99. The third-order valence-corrected chi connectivity index (χ3v) is 3.31. The lowest BCUT2D eigenvalue weighted by molar-refractivity contribution is -0.159. The van der Waals surface area contributed by atoms with Crippen LogP contribution in [0.25, 0.3) is 0 Å². The van der Waals surface area contributed by atoms with E-state index in [1.165, 1.54) is 0 Å². The first kappa shape index (κ1) is 14.2. The Morgan fingerprint density at radius 2 is 2.12 bits per heavy atom. The van der Waals surface area contributed by atoms with E-state index in [0.717, 1.165) is 10.0 Å². The summed E-state index contributed by atoms with van der Waals surface area (Å²) in [5.41, 5.74) is 1.28. The summed E-state index contributed by atoms with van der Waals surface area (Å²) in [6, 6.07) is 5.21. The molecule has 0 aliphatic rings. The van der Waals surface area contributed by atoms with Crippen molar-refractivity contribution in [3.8, 4) is 0 Å². The van der Waals surface area contributed by atoms with Gasteiger partial charge in [-0.25, -0.2) is 4.79 Å². The highest BCUT2D eigenvalue weighted by atomic mass is 79.9. The molecule has 4 nitrogen and oxygen atoms in total. The quantitative estimate of drug-likeness (QED) is 0.831. The van der Waals surface area contributed by atoms with Gasteiger partial charge in [0.25, 0.3) is 0 Å². The molecule has 0 saturated heterocycles. The van der Waals surface area contributed by atoms with Gasteiger partial charge in [-0.15, -0.1) is 0 Å². The van der Waals surface area contributed by atoms with Gasteiger partial charge in [0, 0.05) is 4.47 Å². The minimum atomic E-state index is -1.57. The summed E-state index contributed by atoms with van der Waals surface area (Å²) in [6.07, 6.45) is -2.85. The molecule has 0 radical (unpaired) electrons. The van der Waals surface area contributed by atoms with Crippen molar-refractivity contribution in [2.75, 3.05) is 6.61 Å². The van der Waals surface area contributed by atoms with Crippen molar-refractivity contribution in [1.29, 1.82) is 0 Å². The van der Waals surface area contributed by atoms with Gasteiger partial charge in [0.1, 0.15) is 6.10 Å². The Bertz CT molecular complexity index is 405. The van der Waals surface area contributed by atoms with Gasteiger partial charge >= 0.3 is 5.97 Å². The maximum Gasteiger partial charge on any atom is 0.338 e. The average Bonchev–Trinajstić information content (AvgIpc) is 2.31. The summed E-state index contributed by atoms with van der Waals surface area (Å²) in [4.78, 5) is 11.3. The van der Waals surface area contributed by atoms with Crippen LogP contribution >= 0.6 is 15.9 Å². The molecule has 0 heterocycles. The summed E-state index contributed by atoms with van der Waals surface area (Å²) in [5, 5.41) is 19.6. The number of ether oxygens (including phenoxy) is 1. The zero-order valence-electron chi connectivity index (χ0n) is 9.68. The molecule has 1 rings (SSSR count). The number of hydrogen-bond acceptors (Lipinski definition) is 4. The van der Waals surface area contributed by atoms with Gasteiger partial charge in [0.15, 0.2) is 6.10 Å². The zero-order valence-corrected chi connectivity index (χ0v) is 11.3. The van der Waals surface area contributed by atoms with Crippen molar-refractivity contribution >= 4 is 21.9 Å². The fraction of sp³-hybridized carbons (Fsp3) is 0.417. The highest BCUT2D eigenvalue weighted by Crippen LogP contribution is 2.26. The van der Waals surface area contributed by atoms with Crippen LogP contribution in [0, 0.1) is 6.92 Å². The Morgan fingerprint density at radius 1 is 1.47 bits per heavy atom. The zero-order chi connectivity index (χ0) is 13.0. The molecule has 0 saturated carbocycles. The average molecular weight is 303 g/mol. The number of hydrogen-bond donors (Lipinski definition) is 2. The molecule has 1 aromatic carbocycles. The Hall–Kier alpha value is -0.910. The molecular weight excluding hydrogens is 288 g/mol. The van der Waals surface area contributed by atoms with Gasteiger partial charge < -0.3 is 14.9 Å². The molecule has 0 spiro atoms. The Balaban J connectivity index is 2.92. The molecule has 5 heteroatoms. The van der Waals surface area contributed by atoms with E-state index in [2.05, 4.69) is 20.7 Å². The number of esters is 1. The third-order valence-electron chi connectivity index (χ3n) is 2.46. The minimum Gasteiger partial charge on any atom is -0.464 e. The number of aliphatic hydroxyl groups excluding tert-OH is 2. The summed E-state index contributed by atoms with van der Waals surface area (Å²) in [5.74, 6) is -0.820. The van der Waals surface area contributed by atoms with Crippen LogP contribution in [0.3, 0.4) is 0 Å². The molecule has 1 aromatic rings. The third kappa shape index (κ3) is 3.28. The lowest BCUT2D eigenvalue weighted by Crippen LogP contribution is -2.30. The molecule has 94 valence electrons. The van der Waals surface area contributed by atoms with Crippen LogP contribution in [-0.2, 0) is 9.53 Å². The van der Waals surface area contributed by atoms with E-state index in [4.69, 9.17) is 0 Å². The molecule has 0 aliphatic carbocycles. The van der Waals surface area contributed by atoms with E-state index in [1.54, 1.807) is 26.0 Å². The van der Waals surface area contributed by atoms with Crippen LogP contribution in [0.4, 0.5) is 0 Å². The van der Waals surface area contributed by atoms with Crippen LogP contribution < -0.4 is 0 Å². The van der Waals surface area contributed by atoms with E-state index in [0.29, 0.717) is 5.56 Å². The molecule has 2 atom stereocenters. The summed E-state index contributed by atoms with van der Waals surface area (Å²) in [6.45, 7) is 3.60. The van der Waals surface area contributed by atoms with Crippen LogP contribution in [0.5, 0.6) is 0 Å². The standard InChI is InChI=1S/C12H15BrO4/c1-3-17-12(16)11(15)10(14)8-5-4-6-9(13)7(8)2/h4-6,10-11,14-15H,3H2,1-2H3. The number of halogens is 1. The molecule has 17 heavy (non-hydrogen) atoms. The second-order valence-electron chi connectivity index (χ2n) is 3.60. The highest BCUT2D eigenvalue weighted by molar-refractivity contribution is 9.10. The van der Waals surface area contributed by atoms with Crippen molar-refractivity contribution in [2.24, 2.45) is 0 Å². The van der Waals surface area contributed by atoms with Crippen molar-refractivity contribution < 1.29 is 19.7 Å². The minimum absolute atomic E-state index is 0.167. The molecule has 0 aliphatic heterocycles. The van der Waals surface area contributed by atoms with E-state index < -0.39 is 18.2 Å². The summed E-state index contributed by atoms with van der Waals surface area (Å²) >= 11 is 3.32. The first-order valence-electron chi connectivity index (χ1n) is 5.26. The molecule has 0 bridgehead atoms. The van der Waals surface area contributed by atoms with Gasteiger partial charge in [0.05, 0.1) is 6.61 Å². The van der Waals surface area contributed by atoms with Crippen LogP contribution in [0.15, 0.2) is 22.7 Å². The Kier molecular flexibility index (Phi) is 5.11. The smallest absolute Gasteiger partial charge is 0.338 e. The summed E-state index contributed by atoms with van der Waals surface area (Å²) in [7, 11) is 0.